The molecular weight excluding hydrogens is 402 g/mol. The van der Waals surface area contributed by atoms with Crippen LogP contribution in [0.4, 0.5) is 0 Å². The van der Waals surface area contributed by atoms with Crippen LogP contribution in [-0.2, 0) is 20.6 Å². The second kappa shape index (κ2) is 6.92. The quantitative estimate of drug-likeness (QED) is 0.475. The third-order valence-corrected chi connectivity index (χ3v) is 5.72. The summed E-state index contributed by atoms with van der Waals surface area (Å²) in [5.41, 5.74) is 1.23. The summed E-state index contributed by atoms with van der Waals surface area (Å²) in [5, 5.41) is 2.82. The first-order valence-electron chi connectivity index (χ1n) is 8.32. The number of hydrogen-bond acceptors (Lipinski definition) is 6. The van der Waals surface area contributed by atoms with Crippen LogP contribution < -0.4 is 16.0 Å². The van der Waals surface area contributed by atoms with E-state index in [0.717, 1.165) is 26.6 Å². The number of rotatable bonds is 4. The molecule has 3 heterocycles. The summed E-state index contributed by atoms with van der Waals surface area (Å²) in [5.74, 6) is 0.735. The van der Waals surface area contributed by atoms with E-state index in [1.807, 2.05) is 29.6 Å². The zero-order chi connectivity index (χ0) is 20.0. The van der Waals surface area contributed by atoms with Gasteiger partial charge in [0.25, 0.3) is 5.56 Å². The largest absolute Gasteiger partial charge is 0.496 e. The van der Waals surface area contributed by atoms with E-state index in [2.05, 4.69) is 9.97 Å². The lowest BCUT2D eigenvalue weighted by Crippen LogP contribution is -2.37. The number of aryl methyl sites for hydroxylation is 1. The van der Waals surface area contributed by atoms with Crippen LogP contribution in [0.2, 0.25) is 5.28 Å². The van der Waals surface area contributed by atoms with Crippen molar-refractivity contribution in [2.45, 2.75) is 6.54 Å². The summed E-state index contributed by atoms with van der Waals surface area (Å²) in [7, 11) is 4.60. The van der Waals surface area contributed by atoms with E-state index in [0.29, 0.717) is 0 Å². The van der Waals surface area contributed by atoms with Crippen LogP contribution in [0.25, 0.3) is 21.7 Å². The minimum absolute atomic E-state index is 0.125. The van der Waals surface area contributed by atoms with Gasteiger partial charge in [0.1, 0.15) is 10.8 Å². The summed E-state index contributed by atoms with van der Waals surface area (Å²) >= 11 is 7.75. The lowest BCUT2D eigenvalue weighted by atomic mass is 10.2. The Hall–Kier alpha value is -2.91. The molecule has 10 heteroatoms. The molecule has 144 valence electrons. The summed E-state index contributed by atoms with van der Waals surface area (Å²) in [6.07, 6.45) is 0. The molecule has 0 saturated heterocycles. The van der Waals surface area contributed by atoms with Gasteiger partial charge in [0.15, 0.2) is 11.2 Å². The summed E-state index contributed by atoms with van der Waals surface area (Å²) in [6, 6.07) is 7.63. The standard InChI is InChI=1S/C18H16ClN5O3S/c1-22-14-13(16(25)23(2)18(22)26)24(17(19)21-14)8-10-9-28-15(20-10)11-6-4-5-7-12(11)27-3/h4-7,9H,8H2,1-3H3. The Balaban J connectivity index is 1.80. The topological polar surface area (TPSA) is 83.9 Å². The van der Waals surface area contributed by atoms with Gasteiger partial charge >= 0.3 is 5.69 Å². The molecule has 0 saturated carbocycles. The Morgan fingerprint density at radius 2 is 1.89 bits per heavy atom. The third-order valence-electron chi connectivity index (χ3n) is 4.51. The Labute approximate surface area is 168 Å². The molecule has 4 rings (SSSR count). The highest BCUT2D eigenvalue weighted by atomic mass is 35.5. The van der Waals surface area contributed by atoms with Crippen LogP contribution in [0.3, 0.4) is 0 Å². The second-order valence-electron chi connectivity index (χ2n) is 6.19. The fourth-order valence-electron chi connectivity index (χ4n) is 3.05. The zero-order valence-electron chi connectivity index (χ0n) is 15.3. The fourth-order valence-corrected chi connectivity index (χ4v) is 4.12. The molecule has 0 aliphatic carbocycles. The molecule has 28 heavy (non-hydrogen) atoms. The van der Waals surface area contributed by atoms with Gasteiger partial charge in [-0.05, 0) is 23.7 Å². The van der Waals surface area contributed by atoms with Crippen LogP contribution in [0, 0.1) is 0 Å². The number of halogens is 1. The molecule has 4 aromatic rings. The molecule has 8 nitrogen and oxygen atoms in total. The number of thiazole rings is 1. The number of imidazole rings is 1. The van der Waals surface area contributed by atoms with Gasteiger partial charge in [-0.15, -0.1) is 11.3 Å². The predicted molar refractivity (Wildman–Crippen MR) is 108 cm³/mol. The number of nitrogens with zero attached hydrogens (tertiary/aromatic N) is 5. The van der Waals surface area contributed by atoms with Gasteiger partial charge < -0.3 is 9.30 Å². The molecule has 0 atom stereocenters. The molecule has 0 amide bonds. The monoisotopic (exact) mass is 417 g/mol. The molecule has 0 spiro atoms. The second-order valence-corrected chi connectivity index (χ2v) is 7.39. The van der Waals surface area contributed by atoms with Gasteiger partial charge in [0.05, 0.1) is 24.9 Å². The lowest BCUT2D eigenvalue weighted by molar-refractivity contribution is 0.416. The fraction of sp³-hybridized carbons (Fsp3) is 0.222. The van der Waals surface area contributed by atoms with Gasteiger partial charge in [-0.3, -0.25) is 13.9 Å². The number of ether oxygens (including phenoxy) is 1. The van der Waals surface area contributed by atoms with Crippen LogP contribution in [0.15, 0.2) is 39.2 Å². The third kappa shape index (κ3) is 2.83. The van der Waals surface area contributed by atoms with Crippen molar-refractivity contribution in [3.63, 3.8) is 0 Å². The molecule has 1 aromatic carbocycles. The van der Waals surface area contributed by atoms with E-state index < -0.39 is 11.2 Å². The smallest absolute Gasteiger partial charge is 0.332 e. The van der Waals surface area contributed by atoms with Crippen molar-refractivity contribution in [1.29, 1.82) is 0 Å². The molecule has 0 unspecified atom stereocenters. The van der Waals surface area contributed by atoms with Crippen molar-refractivity contribution in [1.82, 2.24) is 23.7 Å². The molecule has 0 bridgehead atoms. The Morgan fingerprint density at radius 1 is 1.14 bits per heavy atom. The maximum atomic E-state index is 12.6. The van der Waals surface area contributed by atoms with Crippen LogP contribution in [-0.4, -0.2) is 30.8 Å². The summed E-state index contributed by atoms with van der Waals surface area (Å²) < 4.78 is 9.31. The van der Waals surface area contributed by atoms with Crippen LogP contribution in [0.1, 0.15) is 5.69 Å². The van der Waals surface area contributed by atoms with Crippen LogP contribution in [0.5, 0.6) is 5.75 Å². The summed E-state index contributed by atoms with van der Waals surface area (Å²) in [4.78, 5) is 33.6. The highest BCUT2D eigenvalue weighted by molar-refractivity contribution is 7.13. The SMILES string of the molecule is COc1ccccc1-c1nc(Cn2c(Cl)nc3c2c(=O)n(C)c(=O)n3C)cs1. The minimum atomic E-state index is -0.453. The normalized spacial score (nSPS) is 11.3. The van der Waals surface area contributed by atoms with E-state index >= 15 is 0 Å². The maximum absolute atomic E-state index is 12.6. The Bertz CT molecular complexity index is 1320. The number of para-hydroxylation sites is 1. The van der Waals surface area contributed by atoms with Crippen molar-refractivity contribution >= 4 is 34.1 Å². The molecule has 0 aliphatic rings. The number of hydrogen-bond donors (Lipinski definition) is 0. The molecule has 0 radical (unpaired) electrons. The van der Waals surface area contributed by atoms with Gasteiger partial charge in [0, 0.05) is 19.5 Å². The Kier molecular flexibility index (Phi) is 4.56. The van der Waals surface area contributed by atoms with Gasteiger partial charge in [0.2, 0.25) is 5.28 Å². The molecule has 0 N–H and O–H groups in total. The highest BCUT2D eigenvalue weighted by Gasteiger charge is 2.19. The molecule has 3 aromatic heterocycles. The Morgan fingerprint density at radius 3 is 2.64 bits per heavy atom. The van der Waals surface area contributed by atoms with E-state index in [-0.39, 0.29) is 23.0 Å². The van der Waals surface area contributed by atoms with Crippen molar-refractivity contribution in [3.8, 4) is 16.3 Å². The summed E-state index contributed by atoms with van der Waals surface area (Å²) in [6.45, 7) is 0.258. The lowest BCUT2D eigenvalue weighted by Gasteiger charge is -2.06. The first kappa shape index (κ1) is 18.5. The van der Waals surface area contributed by atoms with E-state index in [1.165, 1.54) is 23.0 Å². The first-order chi connectivity index (χ1) is 13.4. The average molecular weight is 418 g/mol. The van der Waals surface area contributed by atoms with Crippen molar-refractivity contribution in [2.75, 3.05) is 7.11 Å². The van der Waals surface area contributed by atoms with Crippen LogP contribution >= 0.6 is 22.9 Å². The van der Waals surface area contributed by atoms with E-state index in [4.69, 9.17) is 16.3 Å². The molecular formula is C18H16ClN5O3S. The van der Waals surface area contributed by atoms with Gasteiger partial charge in [-0.25, -0.2) is 9.78 Å². The highest BCUT2D eigenvalue weighted by Crippen LogP contribution is 2.32. The average Bonchev–Trinajstić information content (AvgIpc) is 3.30. The van der Waals surface area contributed by atoms with Crippen molar-refractivity contribution < 1.29 is 4.74 Å². The van der Waals surface area contributed by atoms with Gasteiger partial charge in [-0.1, -0.05) is 12.1 Å². The molecule has 0 fully saturated rings. The number of aromatic nitrogens is 5. The first-order valence-corrected chi connectivity index (χ1v) is 9.57. The minimum Gasteiger partial charge on any atom is -0.496 e. The predicted octanol–water partition coefficient (Wildman–Crippen LogP) is 2.27. The van der Waals surface area contributed by atoms with Crippen molar-refractivity contribution in [3.05, 3.63) is 61.5 Å². The van der Waals surface area contributed by atoms with E-state index in [9.17, 15) is 9.59 Å². The van der Waals surface area contributed by atoms with E-state index in [1.54, 1.807) is 18.7 Å². The zero-order valence-corrected chi connectivity index (χ0v) is 16.9. The number of methoxy groups -OCH3 is 1. The maximum Gasteiger partial charge on any atom is 0.332 e. The van der Waals surface area contributed by atoms with Gasteiger partial charge in [-0.2, -0.15) is 4.98 Å². The van der Waals surface area contributed by atoms with Crippen molar-refractivity contribution in [2.24, 2.45) is 14.1 Å². The molecule has 0 aliphatic heterocycles. The number of fused-ring (bicyclic) bond motifs is 1. The number of benzene rings is 1.